The molecule has 8 heteroatoms. The number of pyridine rings is 1. The monoisotopic (exact) mass is 348 g/mol. The van der Waals surface area contributed by atoms with Crippen LogP contribution < -0.4 is 15.2 Å². The molecule has 0 saturated heterocycles. The van der Waals surface area contributed by atoms with E-state index in [1.165, 1.54) is 11.4 Å². The third kappa shape index (κ3) is 3.41. The fraction of sp³-hybridized carbons (Fsp3) is 0.0833. The zero-order valence-electron chi connectivity index (χ0n) is 10.4. The average molecular weight is 349 g/mol. The summed E-state index contributed by atoms with van der Waals surface area (Å²) in [5.74, 6) is 1.34. The predicted octanol–water partition coefficient (Wildman–Crippen LogP) is 4.65. The van der Waals surface area contributed by atoms with Crippen LogP contribution in [-0.2, 0) is 0 Å². The number of hydrogen-bond acceptors (Lipinski definition) is 5. The van der Waals surface area contributed by atoms with Gasteiger partial charge in [-0.25, -0.2) is 4.98 Å². The fourth-order valence-electron chi connectivity index (χ4n) is 1.49. The predicted molar refractivity (Wildman–Crippen MR) is 87.3 cm³/mol. The fourth-order valence-corrected chi connectivity index (χ4v) is 3.04. The Labute approximate surface area is 132 Å². The van der Waals surface area contributed by atoms with E-state index in [0.29, 0.717) is 33.1 Å². The number of benzene rings is 1. The van der Waals surface area contributed by atoms with Crippen molar-refractivity contribution in [2.75, 3.05) is 12.8 Å². The summed E-state index contributed by atoms with van der Waals surface area (Å²) in [6.07, 6.45) is 1.57. The van der Waals surface area contributed by atoms with Gasteiger partial charge in [0.25, 0.3) is 0 Å². The number of ether oxygens (including phenoxy) is 2. The summed E-state index contributed by atoms with van der Waals surface area (Å²) in [7, 11) is 4.12. The Hall–Kier alpha value is -0.870. The van der Waals surface area contributed by atoms with Crippen molar-refractivity contribution in [3.05, 3.63) is 34.4 Å². The smallest absolute Gasteiger partial charge is 0.220 e. The maximum absolute atomic E-state index is 6.07. The zero-order chi connectivity index (χ0) is 14.7. The van der Waals surface area contributed by atoms with Crippen molar-refractivity contribution in [2.24, 2.45) is 0 Å². The topological polar surface area (TPSA) is 57.4 Å². The van der Waals surface area contributed by atoms with Crippen LogP contribution in [0.4, 0.5) is 5.69 Å². The molecular formula is C12H11Cl2N2O2PS. The molecule has 1 heterocycles. The van der Waals surface area contributed by atoms with Gasteiger partial charge >= 0.3 is 0 Å². The number of nitrogens with zero attached hydrogens (tertiary/aromatic N) is 1. The molecule has 0 aliphatic heterocycles. The van der Waals surface area contributed by atoms with Gasteiger partial charge in [-0.1, -0.05) is 31.6 Å². The van der Waals surface area contributed by atoms with Crippen molar-refractivity contribution >= 4 is 48.7 Å². The summed E-state index contributed by atoms with van der Waals surface area (Å²) in [5.41, 5.74) is 6.11. The molecule has 1 aromatic heterocycles. The number of nitrogens with two attached hydrogens (primary N) is 1. The first kappa shape index (κ1) is 15.5. The van der Waals surface area contributed by atoms with Crippen LogP contribution >= 0.6 is 43.0 Å². The Kier molecular flexibility index (Phi) is 5.22. The van der Waals surface area contributed by atoms with Crippen molar-refractivity contribution < 1.29 is 9.47 Å². The Morgan fingerprint density at radius 3 is 2.45 bits per heavy atom. The first-order valence-corrected chi connectivity index (χ1v) is 8.43. The highest BCUT2D eigenvalue weighted by atomic mass is 35.5. The minimum absolute atomic E-state index is 0.319. The van der Waals surface area contributed by atoms with Crippen LogP contribution in [0.2, 0.25) is 10.0 Å². The maximum Gasteiger partial charge on any atom is 0.220 e. The minimum Gasteiger partial charge on any atom is -0.494 e. The standard InChI is InChI=1S/C12H11Cl2N2O2PS/c1-17-9-5-16-11(4-10(9)20-19)18-12-7(13)2-6(15)3-8(12)14/h2-5H,15,19H2,1H3. The van der Waals surface area contributed by atoms with Crippen LogP contribution in [0.15, 0.2) is 29.3 Å². The lowest BCUT2D eigenvalue weighted by atomic mass is 10.3. The van der Waals surface area contributed by atoms with E-state index in [-0.39, 0.29) is 0 Å². The Morgan fingerprint density at radius 2 is 1.90 bits per heavy atom. The molecule has 4 nitrogen and oxygen atoms in total. The van der Waals surface area contributed by atoms with E-state index in [1.807, 2.05) is 0 Å². The summed E-state index contributed by atoms with van der Waals surface area (Å²) in [5, 5.41) is 0.653. The second kappa shape index (κ2) is 6.72. The molecule has 2 rings (SSSR count). The van der Waals surface area contributed by atoms with Gasteiger partial charge in [-0.15, -0.1) is 11.4 Å². The molecule has 0 fully saturated rings. The van der Waals surface area contributed by atoms with E-state index in [1.54, 1.807) is 31.5 Å². The molecule has 2 aromatic rings. The first-order valence-electron chi connectivity index (χ1n) is 5.38. The van der Waals surface area contributed by atoms with Gasteiger partial charge in [0.15, 0.2) is 11.5 Å². The van der Waals surface area contributed by atoms with Crippen LogP contribution in [0.25, 0.3) is 0 Å². The van der Waals surface area contributed by atoms with Gasteiger partial charge in [-0.3, -0.25) is 0 Å². The highest BCUT2D eigenvalue weighted by Crippen LogP contribution is 2.40. The van der Waals surface area contributed by atoms with E-state index >= 15 is 0 Å². The van der Waals surface area contributed by atoms with Crippen molar-refractivity contribution in [1.29, 1.82) is 0 Å². The molecular weight excluding hydrogens is 338 g/mol. The summed E-state index contributed by atoms with van der Waals surface area (Å²) in [6, 6.07) is 4.87. The van der Waals surface area contributed by atoms with Crippen LogP contribution in [0, 0.1) is 0 Å². The third-order valence-electron chi connectivity index (χ3n) is 2.38. The number of rotatable bonds is 4. The van der Waals surface area contributed by atoms with Gasteiger partial charge in [-0.2, -0.15) is 0 Å². The van der Waals surface area contributed by atoms with Crippen LogP contribution in [0.5, 0.6) is 17.4 Å². The molecule has 106 valence electrons. The highest BCUT2D eigenvalue weighted by molar-refractivity contribution is 8.43. The van der Waals surface area contributed by atoms with E-state index in [9.17, 15) is 0 Å². The largest absolute Gasteiger partial charge is 0.494 e. The van der Waals surface area contributed by atoms with Crippen molar-refractivity contribution in [3.63, 3.8) is 0 Å². The number of hydrogen-bond donors (Lipinski definition) is 1. The van der Waals surface area contributed by atoms with Gasteiger partial charge in [0.2, 0.25) is 5.88 Å². The van der Waals surface area contributed by atoms with Crippen LogP contribution in [-0.4, -0.2) is 12.1 Å². The molecule has 1 aromatic carbocycles. The maximum atomic E-state index is 6.07. The summed E-state index contributed by atoms with van der Waals surface area (Å²) in [6.45, 7) is 0. The molecule has 0 saturated carbocycles. The molecule has 0 radical (unpaired) electrons. The Bertz CT molecular complexity index is 620. The molecule has 1 unspecified atom stereocenters. The lowest BCUT2D eigenvalue weighted by molar-refractivity contribution is 0.397. The van der Waals surface area contributed by atoms with Crippen molar-refractivity contribution in [1.82, 2.24) is 4.98 Å². The number of methoxy groups -OCH3 is 1. The molecule has 0 aliphatic rings. The summed E-state index contributed by atoms with van der Waals surface area (Å²) in [4.78, 5) is 5.01. The van der Waals surface area contributed by atoms with Crippen LogP contribution in [0.1, 0.15) is 0 Å². The minimum atomic E-state index is 0.319. The van der Waals surface area contributed by atoms with Crippen molar-refractivity contribution in [3.8, 4) is 17.4 Å². The lowest BCUT2D eigenvalue weighted by Crippen LogP contribution is -1.94. The van der Waals surface area contributed by atoms with Gasteiger partial charge < -0.3 is 15.2 Å². The second-order valence-electron chi connectivity index (χ2n) is 3.71. The number of nitrogen functional groups attached to an aromatic ring is 1. The Balaban J connectivity index is 2.35. The van der Waals surface area contributed by atoms with E-state index < -0.39 is 0 Å². The number of halogens is 2. The van der Waals surface area contributed by atoms with Gasteiger partial charge in [0.05, 0.1) is 28.2 Å². The van der Waals surface area contributed by atoms with E-state index in [0.717, 1.165) is 4.90 Å². The third-order valence-corrected chi connectivity index (χ3v) is 4.28. The first-order chi connectivity index (χ1) is 9.55. The average Bonchev–Trinajstić information content (AvgIpc) is 2.42. The zero-order valence-corrected chi connectivity index (χ0v) is 13.9. The SMILES string of the molecule is COc1cnc(Oc2c(Cl)cc(N)cc2Cl)cc1SP. The summed E-state index contributed by atoms with van der Waals surface area (Å²) < 4.78 is 10.8. The number of aromatic nitrogens is 1. The molecule has 2 N–H and O–H groups in total. The molecule has 0 bridgehead atoms. The molecule has 0 spiro atoms. The van der Waals surface area contributed by atoms with Gasteiger partial charge in [0.1, 0.15) is 0 Å². The van der Waals surface area contributed by atoms with Crippen molar-refractivity contribution in [2.45, 2.75) is 4.90 Å². The second-order valence-corrected chi connectivity index (χ2v) is 5.90. The van der Waals surface area contributed by atoms with Gasteiger partial charge in [0, 0.05) is 11.8 Å². The normalized spacial score (nSPS) is 10.4. The van der Waals surface area contributed by atoms with E-state index in [4.69, 9.17) is 38.4 Å². The number of anilines is 1. The van der Waals surface area contributed by atoms with Gasteiger partial charge in [-0.05, 0) is 12.1 Å². The molecule has 1 atom stereocenters. The molecule has 0 amide bonds. The summed E-state index contributed by atoms with van der Waals surface area (Å²) >= 11 is 13.6. The molecule has 0 aliphatic carbocycles. The molecule has 20 heavy (non-hydrogen) atoms. The van der Waals surface area contributed by atoms with Crippen LogP contribution in [0.3, 0.4) is 0 Å². The lowest BCUT2D eigenvalue weighted by Gasteiger charge is -2.11. The quantitative estimate of drug-likeness (QED) is 0.643. The highest BCUT2D eigenvalue weighted by Gasteiger charge is 2.12. The Morgan fingerprint density at radius 1 is 1.25 bits per heavy atom. The van der Waals surface area contributed by atoms with E-state index in [2.05, 4.69) is 13.4 Å².